The van der Waals surface area contributed by atoms with Crippen LogP contribution in [0.3, 0.4) is 0 Å². The van der Waals surface area contributed by atoms with Gasteiger partial charge >= 0.3 is 0 Å². The number of nitrogens with zero attached hydrogens (tertiary/aromatic N) is 2. The Morgan fingerprint density at radius 2 is 2.20 bits per heavy atom. The van der Waals surface area contributed by atoms with Gasteiger partial charge in [-0.15, -0.1) is 0 Å². The molecule has 0 aliphatic heterocycles. The Morgan fingerprint density at radius 3 is 2.73 bits per heavy atom. The lowest BCUT2D eigenvalue weighted by Crippen LogP contribution is -2.06. The van der Waals surface area contributed by atoms with E-state index >= 15 is 0 Å². The summed E-state index contributed by atoms with van der Waals surface area (Å²) in [6.07, 6.45) is 4.22. The standard InChI is InChI=1S/C12H19ClN2/c1-5-7-11-14-12(13)10(4)15(11)8-9(3)6-2/h6H,5,7-8H2,1-4H3. The molecule has 0 aliphatic carbocycles. The van der Waals surface area contributed by atoms with Crippen LogP contribution in [0.15, 0.2) is 11.6 Å². The first-order valence-corrected chi connectivity index (χ1v) is 5.81. The third-order valence-electron chi connectivity index (χ3n) is 2.62. The Hall–Kier alpha value is -0.760. The van der Waals surface area contributed by atoms with Crippen LogP contribution in [-0.2, 0) is 13.0 Å². The molecule has 0 saturated heterocycles. The molecule has 0 aromatic carbocycles. The van der Waals surface area contributed by atoms with Gasteiger partial charge in [-0.2, -0.15) is 0 Å². The van der Waals surface area contributed by atoms with Gasteiger partial charge in [-0.1, -0.05) is 30.2 Å². The van der Waals surface area contributed by atoms with Crippen molar-refractivity contribution >= 4 is 11.6 Å². The molecule has 0 saturated carbocycles. The Morgan fingerprint density at radius 1 is 1.53 bits per heavy atom. The lowest BCUT2D eigenvalue weighted by atomic mass is 10.2. The first-order valence-electron chi connectivity index (χ1n) is 5.43. The highest BCUT2D eigenvalue weighted by molar-refractivity contribution is 6.30. The number of rotatable bonds is 4. The van der Waals surface area contributed by atoms with E-state index in [9.17, 15) is 0 Å². The molecule has 1 heterocycles. The maximum absolute atomic E-state index is 6.05. The zero-order chi connectivity index (χ0) is 11.4. The SMILES string of the molecule is CC=C(C)Cn1c(CCC)nc(Cl)c1C. The Balaban J connectivity index is 3.02. The average molecular weight is 227 g/mol. The van der Waals surface area contributed by atoms with Gasteiger partial charge in [0.2, 0.25) is 0 Å². The van der Waals surface area contributed by atoms with Gasteiger partial charge < -0.3 is 4.57 Å². The number of hydrogen-bond donors (Lipinski definition) is 0. The minimum atomic E-state index is 0.641. The third kappa shape index (κ3) is 2.85. The number of aryl methyl sites for hydroxylation is 1. The fraction of sp³-hybridized carbons (Fsp3) is 0.583. The van der Waals surface area contributed by atoms with Crippen molar-refractivity contribution in [3.63, 3.8) is 0 Å². The van der Waals surface area contributed by atoms with Crippen molar-refractivity contribution < 1.29 is 0 Å². The minimum Gasteiger partial charge on any atom is -0.327 e. The molecule has 1 aromatic rings. The summed E-state index contributed by atoms with van der Waals surface area (Å²) in [5, 5.41) is 0.641. The molecule has 0 atom stereocenters. The summed E-state index contributed by atoms with van der Waals surface area (Å²) in [5.41, 5.74) is 2.41. The smallest absolute Gasteiger partial charge is 0.150 e. The zero-order valence-electron chi connectivity index (χ0n) is 9.97. The molecule has 1 aromatic heterocycles. The van der Waals surface area contributed by atoms with Crippen LogP contribution >= 0.6 is 11.6 Å². The molecule has 1 rings (SSSR count). The van der Waals surface area contributed by atoms with Gasteiger partial charge in [0.25, 0.3) is 0 Å². The van der Waals surface area contributed by atoms with E-state index in [1.165, 1.54) is 5.57 Å². The Labute approximate surface area is 97.0 Å². The molecule has 0 amide bonds. The summed E-state index contributed by atoms with van der Waals surface area (Å²) >= 11 is 6.05. The second kappa shape index (κ2) is 5.36. The van der Waals surface area contributed by atoms with Gasteiger partial charge in [-0.25, -0.2) is 4.98 Å². The molecule has 3 heteroatoms. The van der Waals surface area contributed by atoms with Crippen LogP contribution in [0.25, 0.3) is 0 Å². The number of aromatic nitrogens is 2. The van der Waals surface area contributed by atoms with E-state index in [1.54, 1.807) is 0 Å². The maximum Gasteiger partial charge on any atom is 0.150 e. The van der Waals surface area contributed by atoms with Gasteiger partial charge in [0, 0.05) is 13.0 Å². The van der Waals surface area contributed by atoms with Gasteiger partial charge in [-0.05, 0) is 27.2 Å². The molecule has 15 heavy (non-hydrogen) atoms. The Bertz CT molecular complexity index is 364. The van der Waals surface area contributed by atoms with Crippen molar-refractivity contribution in [1.29, 1.82) is 0 Å². The van der Waals surface area contributed by atoms with Crippen molar-refractivity contribution in [3.8, 4) is 0 Å². The van der Waals surface area contributed by atoms with Gasteiger partial charge in [0.1, 0.15) is 11.0 Å². The van der Waals surface area contributed by atoms with Crippen LogP contribution in [0.5, 0.6) is 0 Å². The second-order valence-corrected chi connectivity index (χ2v) is 4.23. The van der Waals surface area contributed by atoms with Crippen LogP contribution in [0.1, 0.15) is 38.7 Å². The highest BCUT2D eigenvalue weighted by Gasteiger charge is 2.11. The first-order chi connectivity index (χ1) is 7.10. The predicted molar refractivity (Wildman–Crippen MR) is 65.4 cm³/mol. The maximum atomic E-state index is 6.05. The monoisotopic (exact) mass is 226 g/mol. The molecule has 0 radical (unpaired) electrons. The van der Waals surface area contributed by atoms with Crippen LogP contribution in [0, 0.1) is 6.92 Å². The fourth-order valence-electron chi connectivity index (χ4n) is 1.52. The first kappa shape index (κ1) is 12.3. The Kier molecular flexibility index (Phi) is 4.40. The molecule has 0 aliphatic rings. The van der Waals surface area contributed by atoms with E-state index in [2.05, 4.69) is 36.4 Å². The lowest BCUT2D eigenvalue weighted by Gasteiger charge is -2.09. The molecule has 0 N–H and O–H groups in total. The predicted octanol–water partition coefficient (Wildman–Crippen LogP) is 3.76. The summed E-state index contributed by atoms with van der Waals surface area (Å²) in [5.74, 6) is 1.10. The third-order valence-corrected chi connectivity index (χ3v) is 2.97. The van der Waals surface area contributed by atoms with Crippen LogP contribution in [0.4, 0.5) is 0 Å². The van der Waals surface area contributed by atoms with Crippen LogP contribution < -0.4 is 0 Å². The van der Waals surface area contributed by atoms with Gasteiger partial charge in [0.05, 0.1) is 5.69 Å². The van der Waals surface area contributed by atoms with Crippen LogP contribution in [-0.4, -0.2) is 9.55 Å². The number of halogens is 1. The second-order valence-electron chi connectivity index (χ2n) is 3.88. The van der Waals surface area contributed by atoms with Crippen molar-refractivity contribution in [2.24, 2.45) is 0 Å². The van der Waals surface area contributed by atoms with E-state index in [-0.39, 0.29) is 0 Å². The topological polar surface area (TPSA) is 17.8 Å². The molecule has 0 unspecified atom stereocenters. The normalized spacial score (nSPS) is 12.2. The summed E-state index contributed by atoms with van der Waals surface area (Å²) in [6, 6.07) is 0. The molecule has 0 fully saturated rings. The average Bonchev–Trinajstić information content (AvgIpc) is 2.46. The van der Waals surface area contributed by atoms with Crippen LogP contribution in [0.2, 0.25) is 5.15 Å². The number of imidazole rings is 1. The van der Waals surface area contributed by atoms with E-state index in [0.717, 1.165) is 30.9 Å². The largest absolute Gasteiger partial charge is 0.327 e. The van der Waals surface area contributed by atoms with Crippen molar-refractivity contribution in [1.82, 2.24) is 9.55 Å². The van der Waals surface area contributed by atoms with E-state index < -0.39 is 0 Å². The van der Waals surface area contributed by atoms with E-state index in [0.29, 0.717) is 5.15 Å². The summed E-state index contributed by atoms with van der Waals surface area (Å²) in [6.45, 7) is 9.27. The zero-order valence-corrected chi connectivity index (χ0v) is 10.7. The van der Waals surface area contributed by atoms with Crippen molar-refractivity contribution in [3.05, 3.63) is 28.3 Å². The highest BCUT2D eigenvalue weighted by Crippen LogP contribution is 2.18. The van der Waals surface area contributed by atoms with Gasteiger partial charge in [-0.3, -0.25) is 0 Å². The molecule has 0 bridgehead atoms. The van der Waals surface area contributed by atoms with Crippen molar-refractivity contribution in [2.45, 2.75) is 47.1 Å². The summed E-state index contributed by atoms with van der Waals surface area (Å²) < 4.78 is 2.21. The molecular formula is C12H19ClN2. The number of allylic oxidation sites excluding steroid dienone is 2. The highest BCUT2D eigenvalue weighted by atomic mass is 35.5. The molecule has 0 spiro atoms. The molecule has 84 valence electrons. The van der Waals surface area contributed by atoms with E-state index in [4.69, 9.17) is 11.6 Å². The summed E-state index contributed by atoms with van der Waals surface area (Å²) in [7, 11) is 0. The fourth-order valence-corrected chi connectivity index (χ4v) is 1.72. The lowest BCUT2D eigenvalue weighted by molar-refractivity contribution is 0.681. The quantitative estimate of drug-likeness (QED) is 0.715. The van der Waals surface area contributed by atoms with Gasteiger partial charge in [0.15, 0.2) is 0 Å². The minimum absolute atomic E-state index is 0.641. The van der Waals surface area contributed by atoms with E-state index in [1.807, 2.05) is 6.92 Å². The molecular weight excluding hydrogens is 208 g/mol. The molecule has 2 nitrogen and oxygen atoms in total. The van der Waals surface area contributed by atoms with Crippen molar-refractivity contribution in [2.75, 3.05) is 0 Å². The number of hydrogen-bond acceptors (Lipinski definition) is 1. The summed E-state index contributed by atoms with van der Waals surface area (Å²) in [4.78, 5) is 4.39.